The van der Waals surface area contributed by atoms with Crippen LogP contribution in [0.2, 0.25) is 5.02 Å². The van der Waals surface area contributed by atoms with Gasteiger partial charge in [-0.25, -0.2) is 9.97 Å². The zero-order valence-corrected chi connectivity index (χ0v) is 16.0. The van der Waals surface area contributed by atoms with Crippen LogP contribution < -0.4 is 0 Å². The lowest BCUT2D eigenvalue weighted by Crippen LogP contribution is -2.51. The van der Waals surface area contributed by atoms with E-state index in [-0.39, 0.29) is 11.9 Å². The van der Waals surface area contributed by atoms with Crippen molar-refractivity contribution in [2.75, 3.05) is 13.2 Å². The molecule has 0 unspecified atom stereocenters. The first-order valence-corrected chi connectivity index (χ1v) is 8.83. The van der Waals surface area contributed by atoms with E-state index in [0.29, 0.717) is 18.2 Å². The molecule has 1 fully saturated rings. The SMILES string of the molecule is C=CC(=O)N1CC(C)(C)OC[C@H]1c1cc(Cl)cc(-c2cc(C)ncn2)c1. The quantitative estimate of drug-likeness (QED) is 0.766. The van der Waals surface area contributed by atoms with Crippen molar-refractivity contribution in [2.45, 2.75) is 32.4 Å². The number of benzene rings is 1. The first kappa shape index (κ1) is 18.5. The number of ether oxygens (including phenoxy) is 1. The van der Waals surface area contributed by atoms with Crippen LogP contribution in [-0.2, 0) is 9.53 Å². The van der Waals surface area contributed by atoms with Crippen LogP contribution in [0.25, 0.3) is 11.3 Å². The molecule has 0 spiro atoms. The Labute approximate surface area is 158 Å². The molecule has 1 atom stereocenters. The molecule has 0 saturated carbocycles. The van der Waals surface area contributed by atoms with Gasteiger partial charge in [0.1, 0.15) is 6.33 Å². The standard InChI is InChI=1S/C20H22ClN3O2/c1-5-19(25)24-11-20(3,4)26-10-18(24)15-7-14(8-16(21)9-15)17-6-13(2)22-12-23-17/h5-9,12,18H,1,10-11H2,2-4H3/t18-/m0/s1. The average molecular weight is 372 g/mol. The Morgan fingerprint density at radius 1 is 1.35 bits per heavy atom. The summed E-state index contributed by atoms with van der Waals surface area (Å²) in [6, 6.07) is 7.41. The van der Waals surface area contributed by atoms with Gasteiger partial charge in [-0.1, -0.05) is 18.2 Å². The van der Waals surface area contributed by atoms with Gasteiger partial charge in [0.15, 0.2) is 0 Å². The van der Waals surface area contributed by atoms with E-state index in [0.717, 1.165) is 22.5 Å². The highest BCUT2D eigenvalue weighted by atomic mass is 35.5. The number of morpholine rings is 1. The molecule has 3 rings (SSSR count). The molecule has 0 bridgehead atoms. The second-order valence-corrected chi connectivity index (χ2v) is 7.51. The molecule has 0 aliphatic carbocycles. The lowest BCUT2D eigenvalue weighted by molar-refractivity contribution is -0.151. The molecule has 5 nitrogen and oxygen atoms in total. The Morgan fingerprint density at radius 3 is 2.81 bits per heavy atom. The average Bonchev–Trinajstić information content (AvgIpc) is 2.59. The molecule has 0 N–H and O–H groups in total. The monoisotopic (exact) mass is 371 g/mol. The zero-order valence-electron chi connectivity index (χ0n) is 15.2. The molecular weight excluding hydrogens is 350 g/mol. The second kappa shape index (κ2) is 7.17. The van der Waals surface area contributed by atoms with E-state index in [1.165, 1.54) is 12.4 Å². The first-order valence-electron chi connectivity index (χ1n) is 8.45. The van der Waals surface area contributed by atoms with Gasteiger partial charge in [0.25, 0.3) is 0 Å². The Balaban J connectivity index is 2.02. The Morgan fingerprint density at radius 2 is 2.12 bits per heavy atom. The number of carbonyl (C=O) groups excluding carboxylic acids is 1. The third kappa shape index (κ3) is 3.94. The molecule has 1 aliphatic rings. The highest BCUT2D eigenvalue weighted by Crippen LogP contribution is 2.34. The number of carbonyl (C=O) groups is 1. The van der Waals surface area contributed by atoms with E-state index in [1.54, 1.807) is 4.90 Å². The number of aryl methyl sites for hydroxylation is 1. The fourth-order valence-electron chi connectivity index (χ4n) is 3.15. The smallest absolute Gasteiger partial charge is 0.246 e. The van der Waals surface area contributed by atoms with Crippen molar-refractivity contribution in [2.24, 2.45) is 0 Å². The Kier molecular flexibility index (Phi) is 5.12. The summed E-state index contributed by atoms with van der Waals surface area (Å²) in [4.78, 5) is 22.7. The molecule has 6 heteroatoms. The minimum absolute atomic E-state index is 0.120. The number of aromatic nitrogens is 2. The number of hydrogen-bond donors (Lipinski definition) is 0. The van der Waals surface area contributed by atoms with Gasteiger partial charge < -0.3 is 9.64 Å². The molecule has 26 heavy (non-hydrogen) atoms. The van der Waals surface area contributed by atoms with Crippen LogP contribution in [-0.4, -0.2) is 39.5 Å². The molecule has 1 amide bonds. The number of nitrogens with zero attached hydrogens (tertiary/aromatic N) is 3. The summed E-state index contributed by atoms with van der Waals surface area (Å²) in [5.41, 5.74) is 3.06. The summed E-state index contributed by atoms with van der Waals surface area (Å²) in [5, 5.41) is 0.588. The predicted octanol–water partition coefficient (Wildman–Crippen LogP) is 3.97. The van der Waals surface area contributed by atoms with Gasteiger partial charge in [-0.05, 0) is 56.7 Å². The molecule has 1 saturated heterocycles. The van der Waals surface area contributed by atoms with Crippen LogP contribution in [0.5, 0.6) is 0 Å². The Bertz CT molecular complexity index is 851. The van der Waals surface area contributed by atoms with Gasteiger partial charge >= 0.3 is 0 Å². The van der Waals surface area contributed by atoms with Crippen LogP contribution in [0.3, 0.4) is 0 Å². The van der Waals surface area contributed by atoms with Crippen molar-refractivity contribution in [1.29, 1.82) is 0 Å². The van der Waals surface area contributed by atoms with Crippen molar-refractivity contribution < 1.29 is 9.53 Å². The summed E-state index contributed by atoms with van der Waals surface area (Å²) in [6.07, 6.45) is 2.87. The van der Waals surface area contributed by atoms with Gasteiger partial charge in [0, 0.05) is 16.3 Å². The Hall–Kier alpha value is -2.24. The minimum atomic E-state index is -0.402. The van der Waals surface area contributed by atoms with Crippen LogP contribution in [0.15, 0.2) is 43.2 Å². The van der Waals surface area contributed by atoms with Gasteiger partial charge in [-0.3, -0.25) is 4.79 Å². The van der Waals surface area contributed by atoms with Crippen LogP contribution >= 0.6 is 11.6 Å². The highest BCUT2D eigenvalue weighted by molar-refractivity contribution is 6.31. The van der Waals surface area contributed by atoms with Gasteiger partial charge in [-0.15, -0.1) is 0 Å². The maximum Gasteiger partial charge on any atom is 0.246 e. The van der Waals surface area contributed by atoms with Crippen molar-refractivity contribution in [3.63, 3.8) is 0 Å². The fraction of sp³-hybridized carbons (Fsp3) is 0.350. The van der Waals surface area contributed by atoms with E-state index >= 15 is 0 Å². The molecule has 0 radical (unpaired) electrons. The van der Waals surface area contributed by atoms with E-state index in [2.05, 4.69) is 16.5 Å². The minimum Gasteiger partial charge on any atom is -0.371 e. The van der Waals surface area contributed by atoms with E-state index < -0.39 is 5.60 Å². The summed E-state index contributed by atoms with van der Waals surface area (Å²) in [5.74, 6) is -0.120. The largest absolute Gasteiger partial charge is 0.371 e. The summed E-state index contributed by atoms with van der Waals surface area (Å²) >= 11 is 6.37. The number of rotatable bonds is 3. The molecule has 2 aromatic rings. The molecular formula is C20H22ClN3O2. The van der Waals surface area contributed by atoms with Crippen molar-refractivity contribution >= 4 is 17.5 Å². The molecule has 1 aromatic heterocycles. The topological polar surface area (TPSA) is 55.3 Å². The number of amides is 1. The maximum atomic E-state index is 12.4. The van der Waals surface area contributed by atoms with E-state index in [1.807, 2.05) is 45.0 Å². The third-order valence-electron chi connectivity index (χ3n) is 4.42. The normalized spacial score (nSPS) is 19.2. The number of halogens is 1. The third-order valence-corrected chi connectivity index (χ3v) is 4.64. The van der Waals surface area contributed by atoms with Crippen molar-refractivity contribution in [3.05, 3.63) is 59.5 Å². The zero-order chi connectivity index (χ0) is 18.9. The second-order valence-electron chi connectivity index (χ2n) is 7.07. The predicted molar refractivity (Wildman–Crippen MR) is 102 cm³/mol. The maximum absolute atomic E-state index is 12.4. The van der Waals surface area contributed by atoms with E-state index in [9.17, 15) is 4.79 Å². The summed E-state index contributed by atoms with van der Waals surface area (Å²) < 4.78 is 5.96. The fourth-order valence-corrected chi connectivity index (χ4v) is 3.39. The van der Waals surface area contributed by atoms with Crippen LogP contribution in [0.4, 0.5) is 0 Å². The lowest BCUT2D eigenvalue weighted by Gasteiger charge is -2.43. The molecule has 136 valence electrons. The summed E-state index contributed by atoms with van der Waals surface area (Å²) in [6.45, 7) is 10.4. The highest BCUT2D eigenvalue weighted by Gasteiger charge is 2.36. The van der Waals surface area contributed by atoms with Crippen LogP contribution in [0, 0.1) is 6.92 Å². The number of hydrogen-bond acceptors (Lipinski definition) is 4. The lowest BCUT2D eigenvalue weighted by atomic mass is 9.97. The van der Waals surface area contributed by atoms with Gasteiger partial charge in [0.05, 0.1) is 30.5 Å². The molecule has 2 heterocycles. The molecule has 1 aliphatic heterocycles. The van der Waals surface area contributed by atoms with Crippen LogP contribution in [0.1, 0.15) is 31.1 Å². The van der Waals surface area contributed by atoms with Crippen molar-refractivity contribution in [3.8, 4) is 11.3 Å². The van der Waals surface area contributed by atoms with E-state index in [4.69, 9.17) is 16.3 Å². The molecule has 1 aromatic carbocycles. The first-order chi connectivity index (χ1) is 12.3. The van der Waals surface area contributed by atoms with Crippen molar-refractivity contribution in [1.82, 2.24) is 14.9 Å². The van der Waals surface area contributed by atoms with Gasteiger partial charge in [0.2, 0.25) is 5.91 Å². The summed E-state index contributed by atoms with van der Waals surface area (Å²) in [7, 11) is 0. The van der Waals surface area contributed by atoms with Gasteiger partial charge in [-0.2, -0.15) is 0 Å².